The largest absolute Gasteiger partial charge is 0.489 e. The number of aliphatic imine (C=N–C) groups is 1. The summed E-state index contributed by atoms with van der Waals surface area (Å²) in [7, 11) is 3.19. The molecule has 7 heteroatoms. The molecule has 0 aliphatic heterocycles. The van der Waals surface area contributed by atoms with Crippen LogP contribution in [-0.2, 0) is 17.9 Å². The number of benzene rings is 2. The second-order valence-electron chi connectivity index (χ2n) is 6.05. The number of methoxy groups -OCH3 is 1. The monoisotopic (exact) mass is 377 g/mol. The summed E-state index contributed by atoms with van der Waals surface area (Å²) in [5, 5.41) is 6.31. The van der Waals surface area contributed by atoms with Gasteiger partial charge in [0.2, 0.25) is 0 Å². The van der Waals surface area contributed by atoms with Crippen molar-refractivity contribution in [2.24, 2.45) is 4.99 Å². The Balaban J connectivity index is 1.82. The lowest BCUT2D eigenvalue weighted by Crippen LogP contribution is -2.41. The molecule has 0 radical (unpaired) electrons. The van der Waals surface area contributed by atoms with Gasteiger partial charge in [-0.2, -0.15) is 0 Å². The molecule has 2 N–H and O–H groups in total. The molecule has 0 fully saturated rings. The second kappa shape index (κ2) is 10.5. The maximum absolute atomic E-state index is 13.7. The lowest BCUT2D eigenvalue weighted by atomic mass is 10.1. The quantitative estimate of drug-likeness (QED) is 0.548. The molecule has 5 nitrogen and oxygen atoms in total. The van der Waals surface area contributed by atoms with Gasteiger partial charge in [0.15, 0.2) is 5.96 Å². The van der Waals surface area contributed by atoms with Gasteiger partial charge in [-0.15, -0.1) is 0 Å². The third kappa shape index (κ3) is 6.86. The first-order valence-corrected chi connectivity index (χ1v) is 8.64. The molecule has 0 saturated carbocycles. The molecule has 2 rings (SSSR count). The highest BCUT2D eigenvalue weighted by atomic mass is 19.1. The number of halogens is 2. The molecule has 146 valence electrons. The number of hydrogen-bond acceptors (Lipinski definition) is 3. The summed E-state index contributed by atoms with van der Waals surface area (Å²) in [6.45, 7) is 3.06. The molecule has 1 atom stereocenters. The normalized spacial score (nSPS) is 12.6. The molecular formula is C20H25F2N3O2. The lowest BCUT2D eigenvalue weighted by Gasteiger charge is -2.18. The first kappa shape index (κ1) is 20.6. The standard InChI is InChI=1S/C20H25F2N3O2/c1-14(27-18-6-4-5-17(21)10-18)11-24-20(23-2)25-12-15-7-8-19(22)16(9-15)13-26-3/h4-10,14H,11-13H2,1-3H3,(H2,23,24,25). The number of guanidine groups is 1. The Kier molecular flexibility index (Phi) is 8.00. The van der Waals surface area contributed by atoms with Gasteiger partial charge in [0.05, 0.1) is 13.2 Å². The zero-order chi connectivity index (χ0) is 19.6. The van der Waals surface area contributed by atoms with E-state index in [2.05, 4.69) is 15.6 Å². The summed E-state index contributed by atoms with van der Waals surface area (Å²) in [4.78, 5) is 4.15. The molecule has 0 aliphatic carbocycles. The van der Waals surface area contributed by atoms with E-state index in [9.17, 15) is 8.78 Å². The van der Waals surface area contributed by atoms with Gasteiger partial charge in [0.25, 0.3) is 0 Å². The van der Waals surface area contributed by atoms with Gasteiger partial charge in [-0.1, -0.05) is 12.1 Å². The number of hydrogen-bond donors (Lipinski definition) is 2. The van der Waals surface area contributed by atoms with Gasteiger partial charge in [-0.05, 0) is 36.8 Å². The Hall–Kier alpha value is -2.67. The van der Waals surface area contributed by atoms with E-state index in [0.29, 0.717) is 30.4 Å². The van der Waals surface area contributed by atoms with E-state index in [0.717, 1.165) is 5.56 Å². The Morgan fingerprint density at radius 2 is 1.96 bits per heavy atom. The van der Waals surface area contributed by atoms with Gasteiger partial charge in [0.1, 0.15) is 23.5 Å². The van der Waals surface area contributed by atoms with Crippen molar-refractivity contribution in [3.63, 3.8) is 0 Å². The third-order valence-electron chi connectivity index (χ3n) is 3.78. The molecule has 2 aromatic rings. The molecular weight excluding hydrogens is 352 g/mol. The smallest absolute Gasteiger partial charge is 0.191 e. The fourth-order valence-corrected chi connectivity index (χ4v) is 2.47. The molecule has 2 aromatic carbocycles. The van der Waals surface area contributed by atoms with Crippen LogP contribution in [0.3, 0.4) is 0 Å². The Bertz CT molecular complexity index is 769. The third-order valence-corrected chi connectivity index (χ3v) is 3.78. The predicted molar refractivity (Wildman–Crippen MR) is 102 cm³/mol. The SMILES string of the molecule is CN=C(NCc1ccc(F)c(COC)c1)NCC(C)Oc1cccc(F)c1. The van der Waals surface area contributed by atoms with Crippen molar-refractivity contribution < 1.29 is 18.3 Å². The Morgan fingerprint density at radius 1 is 1.15 bits per heavy atom. The van der Waals surface area contributed by atoms with Crippen LogP contribution in [0.1, 0.15) is 18.1 Å². The van der Waals surface area contributed by atoms with Crippen molar-refractivity contribution in [2.75, 3.05) is 20.7 Å². The van der Waals surface area contributed by atoms with Crippen LogP contribution in [-0.4, -0.2) is 32.8 Å². The van der Waals surface area contributed by atoms with Crippen LogP contribution in [0.4, 0.5) is 8.78 Å². The molecule has 0 saturated heterocycles. The zero-order valence-electron chi connectivity index (χ0n) is 15.8. The van der Waals surface area contributed by atoms with E-state index < -0.39 is 0 Å². The number of nitrogens with one attached hydrogen (secondary N) is 2. The van der Waals surface area contributed by atoms with Crippen molar-refractivity contribution in [1.82, 2.24) is 10.6 Å². The molecule has 27 heavy (non-hydrogen) atoms. The summed E-state index contributed by atoms with van der Waals surface area (Å²) in [5.41, 5.74) is 1.42. The maximum Gasteiger partial charge on any atom is 0.191 e. The highest BCUT2D eigenvalue weighted by Gasteiger charge is 2.08. The van der Waals surface area contributed by atoms with Gasteiger partial charge < -0.3 is 20.1 Å². The van der Waals surface area contributed by atoms with Crippen molar-refractivity contribution in [1.29, 1.82) is 0 Å². The van der Waals surface area contributed by atoms with Crippen LogP contribution < -0.4 is 15.4 Å². The maximum atomic E-state index is 13.7. The highest BCUT2D eigenvalue weighted by molar-refractivity contribution is 5.79. The second-order valence-corrected chi connectivity index (χ2v) is 6.05. The van der Waals surface area contributed by atoms with Crippen LogP contribution >= 0.6 is 0 Å². The fraction of sp³-hybridized carbons (Fsp3) is 0.350. The molecule has 0 heterocycles. The van der Waals surface area contributed by atoms with E-state index in [-0.39, 0.29) is 24.3 Å². The minimum Gasteiger partial charge on any atom is -0.489 e. The van der Waals surface area contributed by atoms with E-state index >= 15 is 0 Å². The summed E-state index contributed by atoms with van der Waals surface area (Å²) in [6.07, 6.45) is -0.190. The number of ether oxygens (including phenoxy) is 2. The number of rotatable bonds is 8. The van der Waals surface area contributed by atoms with E-state index in [1.807, 2.05) is 6.92 Å². The van der Waals surface area contributed by atoms with E-state index in [1.165, 1.54) is 25.3 Å². The average Bonchev–Trinajstić information content (AvgIpc) is 2.64. The minimum absolute atomic E-state index is 0.190. The fourth-order valence-electron chi connectivity index (χ4n) is 2.47. The molecule has 1 unspecified atom stereocenters. The van der Waals surface area contributed by atoms with Crippen LogP contribution in [0, 0.1) is 11.6 Å². The van der Waals surface area contributed by atoms with Crippen molar-refractivity contribution in [2.45, 2.75) is 26.2 Å². The Morgan fingerprint density at radius 3 is 2.67 bits per heavy atom. The van der Waals surface area contributed by atoms with Crippen molar-refractivity contribution in [3.8, 4) is 5.75 Å². The summed E-state index contributed by atoms with van der Waals surface area (Å²) in [5.74, 6) is 0.440. The van der Waals surface area contributed by atoms with Gasteiger partial charge in [-0.3, -0.25) is 4.99 Å². The molecule has 0 aliphatic rings. The van der Waals surface area contributed by atoms with E-state index in [1.54, 1.807) is 31.3 Å². The number of nitrogens with zero attached hydrogens (tertiary/aromatic N) is 1. The Labute approximate surface area is 158 Å². The first-order chi connectivity index (χ1) is 13.0. The van der Waals surface area contributed by atoms with Crippen molar-refractivity contribution >= 4 is 5.96 Å². The van der Waals surface area contributed by atoms with Gasteiger partial charge >= 0.3 is 0 Å². The average molecular weight is 377 g/mol. The molecule has 0 aromatic heterocycles. The van der Waals surface area contributed by atoms with Crippen LogP contribution in [0.15, 0.2) is 47.5 Å². The molecule has 0 bridgehead atoms. The predicted octanol–water partition coefficient (Wildman–Crippen LogP) is 3.24. The van der Waals surface area contributed by atoms with E-state index in [4.69, 9.17) is 9.47 Å². The zero-order valence-corrected chi connectivity index (χ0v) is 15.8. The highest BCUT2D eigenvalue weighted by Crippen LogP contribution is 2.14. The summed E-state index contributed by atoms with van der Waals surface area (Å²) in [6, 6.07) is 10.9. The summed E-state index contributed by atoms with van der Waals surface area (Å²) >= 11 is 0. The van der Waals surface area contributed by atoms with Crippen molar-refractivity contribution in [3.05, 3.63) is 65.2 Å². The molecule has 0 spiro atoms. The van der Waals surface area contributed by atoms with Crippen LogP contribution in [0.5, 0.6) is 5.75 Å². The minimum atomic E-state index is -0.336. The van der Waals surface area contributed by atoms with Gasteiger partial charge in [-0.25, -0.2) is 8.78 Å². The lowest BCUT2D eigenvalue weighted by molar-refractivity contribution is 0.181. The van der Waals surface area contributed by atoms with Gasteiger partial charge in [0, 0.05) is 32.3 Å². The first-order valence-electron chi connectivity index (χ1n) is 8.64. The van der Waals surface area contributed by atoms with Crippen LogP contribution in [0.2, 0.25) is 0 Å². The topological polar surface area (TPSA) is 54.9 Å². The van der Waals surface area contributed by atoms with Crippen LogP contribution in [0.25, 0.3) is 0 Å². The summed E-state index contributed by atoms with van der Waals surface area (Å²) < 4.78 is 37.5. The molecule has 0 amide bonds.